The van der Waals surface area contributed by atoms with Gasteiger partial charge in [-0.25, -0.2) is 9.97 Å². The molecule has 2 heterocycles. The molecule has 0 bridgehead atoms. The maximum absolute atomic E-state index is 11.7. The van der Waals surface area contributed by atoms with Crippen LogP contribution in [0.15, 0.2) is 104 Å². The fourth-order valence-electron chi connectivity index (χ4n) is 3.41. The van der Waals surface area contributed by atoms with E-state index in [9.17, 15) is 20.2 Å². The van der Waals surface area contributed by atoms with Gasteiger partial charge in [-0.3, -0.25) is 25.2 Å². The molecule has 0 aliphatic heterocycles. The van der Waals surface area contributed by atoms with Gasteiger partial charge in [0, 0.05) is 36.4 Å². The molecule has 0 spiro atoms. The van der Waals surface area contributed by atoms with Gasteiger partial charge in [0.1, 0.15) is 5.03 Å². The maximum atomic E-state index is 11.7. The molecule has 0 N–H and O–H groups in total. The number of nitro groups is 2. The first-order chi connectivity index (χ1) is 18.4. The van der Waals surface area contributed by atoms with Crippen LogP contribution in [0.25, 0.3) is 10.2 Å². The Morgan fingerprint density at radius 3 is 2.53 bits per heavy atom. The Morgan fingerprint density at radius 1 is 0.947 bits per heavy atom. The minimum atomic E-state index is -0.413. The van der Waals surface area contributed by atoms with Gasteiger partial charge in [-0.2, -0.15) is 0 Å². The molecule has 9 nitrogen and oxygen atoms in total. The van der Waals surface area contributed by atoms with Crippen LogP contribution in [-0.2, 0) is 5.75 Å². The quantitative estimate of drug-likeness (QED) is 0.0778. The Balaban J connectivity index is 1.28. The molecule has 5 rings (SSSR count). The lowest BCUT2D eigenvalue weighted by molar-refractivity contribution is -0.387. The molecule has 0 fully saturated rings. The van der Waals surface area contributed by atoms with Gasteiger partial charge >= 0.3 is 0 Å². The van der Waals surface area contributed by atoms with Crippen LogP contribution in [0.4, 0.5) is 17.1 Å². The lowest BCUT2D eigenvalue weighted by Gasteiger charge is -2.03. The van der Waals surface area contributed by atoms with Gasteiger partial charge in [0.2, 0.25) is 0 Å². The van der Waals surface area contributed by atoms with Crippen LogP contribution >= 0.6 is 34.9 Å². The van der Waals surface area contributed by atoms with Crippen molar-refractivity contribution in [2.45, 2.75) is 20.0 Å². The second-order valence-corrected chi connectivity index (χ2v) is 11.2. The summed E-state index contributed by atoms with van der Waals surface area (Å²) in [5.41, 5.74) is 3.22. The Labute approximate surface area is 229 Å². The van der Waals surface area contributed by atoms with Gasteiger partial charge < -0.3 is 0 Å². The Bertz CT molecular complexity index is 1660. The third kappa shape index (κ3) is 6.22. The number of nitrogens with zero attached hydrogens (tertiary/aromatic N) is 5. The standard InChI is InChI=1S/C26H17N5O4S3/c32-30(33)20-8-4-17(5-9-20)16-36-26-29-21-10-7-19(14-24(21)38-26)28-15-18-6-11-23(22(13-18)31(34)35)37-25-3-1-2-12-27-25/h1-15H,16H2. The number of thioether (sulfide) groups is 1. The lowest BCUT2D eigenvalue weighted by Crippen LogP contribution is -1.93. The molecule has 0 aliphatic rings. The topological polar surface area (TPSA) is 124 Å². The molecular weight excluding hydrogens is 543 g/mol. The molecule has 0 saturated heterocycles. The van der Waals surface area contributed by atoms with Crippen LogP contribution in [-0.4, -0.2) is 26.0 Å². The number of pyridine rings is 1. The summed E-state index contributed by atoms with van der Waals surface area (Å²) in [5, 5.41) is 23.2. The minimum Gasteiger partial charge on any atom is -0.258 e. The summed E-state index contributed by atoms with van der Waals surface area (Å²) in [6.07, 6.45) is 3.25. The smallest absolute Gasteiger partial charge is 0.258 e. The van der Waals surface area contributed by atoms with Gasteiger partial charge in [-0.1, -0.05) is 47.8 Å². The number of aromatic nitrogens is 2. The van der Waals surface area contributed by atoms with E-state index >= 15 is 0 Å². The van der Waals surface area contributed by atoms with Crippen LogP contribution in [0, 0.1) is 20.2 Å². The van der Waals surface area contributed by atoms with Gasteiger partial charge in [0.25, 0.3) is 11.4 Å². The SMILES string of the molecule is O=[N+]([O-])c1ccc(CSc2nc3ccc(N=Cc4ccc(Sc5ccccn5)c([N+](=O)[O-])c4)cc3s2)cc1. The molecule has 0 unspecified atom stereocenters. The normalized spacial score (nSPS) is 11.3. The molecule has 3 aromatic carbocycles. The first-order valence-electron chi connectivity index (χ1n) is 11.1. The number of nitro benzene ring substituents is 2. The average molecular weight is 560 g/mol. The minimum absolute atomic E-state index is 0.00259. The number of non-ortho nitro benzene ring substituents is 1. The van der Waals surface area contributed by atoms with Crippen LogP contribution in [0.5, 0.6) is 0 Å². The fraction of sp³-hybridized carbons (Fsp3) is 0.0385. The fourth-order valence-corrected chi connectivity index (χ4v) is 6.32. The van der Waals surface area contributed by atoms with Gasteiger partial charge in [-0.05, 0) is 47.5 Å². The summed E-state index contributed by atoms with van der Waals surface area (Å²) < 4.78 is 1.86. The second kappa shape index (κ2) is 11.5. The summed E-state index contributed by atoms with van der Waals surface area (Å²) >= 11 is 4.35. The highest BCUT2D eigenvalue weighted by atomic mass is 32.2. The molecule has 188 valence electrons. The van der Waals surface area contributed by atoms with Crippen LogP contribution < -0.4 is 0 Å². The average Bonchev–Trinajstić information content (AvgIpc) is 3.34. The molecule has 0 saturated carbocycles. The van der Waals surface area contributed by atoms with Crippen molar-refractivity contribution in [3.63, 3.8) is 0 Å². The zero-order valence-electron chi connectivity index (χ0n) is 19.5. The molecule has 12 heteroatoms. The summed E-state index contributed by atoms with van der Waals surface area (Å²) in [6.45, 7) is 0. The van der Waals surface area contributed by atoms with Crippen molar-refractivity contribution >= 4 is 68.4 Å². The molecule has 5 aromatic rings. The van der Waals surface area contributed by atoms with Gasteiger partial charge in [0.15, 0.2) is 4.34 Å². The summed E-state index contributed by atoms with van der Waals surface area (Å²) in [5.74, 6) is 0.649. The molecule has 0 radical (unpaired) electrons. The molecule has 38 heavy (non-hydrogen) atoms. The van der Waals surface area contributed by atoms with Crippen molar-refractivity contribution in [1.29, 1.82) is 0 Å². The van der Waals surface area contributed by atoms with Gasteiger partial charge in [0.05, 0.1) is 30.6 Å². The number of aliphatic imine (C=N–C) groups is 1. The molecule has 0 amide bonds. The first kappa shape index (κ1) is 25.5. The van der Waals surface area contributed by atoms with Crippen molar-refractivity contribution in [3.8, 4) is 0 Å². The van der Waals surface area contributed by atoms with E-state index in [0.717, 1.165) is 20.1 Å². The Kier molecular flexibility index (Phi) is 7.73. The Morgan fingerprint density at radius 2 is 1.79 bits per heavy atom. The van der Waals surface area contributed by atoms with Crippen LogP contribution in [0.3, 0.4) is 0 Å². The lowest BCUT2D eigenvalue weighted by atomic mass is 10.2. The molecular formula is C26H17N5O4S3. The predicted molar refractivity (Wildman–Crippen MR) is 151 cm³/mol. The largest absolute Gasteiger partial charge is 0.283 e. The zero-order valence-corrected chi connectivity index (χ0v) is 21.9. The number of fused-ring (bicyclic) bond motifs is 1. The van der Waals surface area contributed by atoms with Crippen LogP contribution in [0.1, 0.15) is 11.1 Å². The summed E-state index contributed by atoms with van der Waals surface area (Å²) in [6, 6.07) is 22.6. The highest BCUT2D eigenvalue weighted by Crippen LogP contribution is 2.35. The van der Waals surface area contributed by atoms with E-state index in [-0.39, 0.29) is 11.4 Å². The Hall–Kier alpha value is -4.13. The highest BCUT2D eigenvalue weighted by molar-refractivity contribution is 8.00. The van der Waals surface area contributed by atoms with Crippen molar-refractivity contribution in [2.75, 3.05) is 0 Å². The van der Waals surface area contributed by atoms with Crippen LogP contribution in [0.2, 0.25) is 0 Å². The number of rotatable bonds is 9. The maximum Gasteiger partial charge on any atom is 0.283 e. The van der Waals surface area contributed by atoms with Crippen molar-refractivity contribution < 1.29 is 9.85 Å². The summed E-state index contributed by atoms with van der Waals surface area (Å²) in [4.78, 5) is 35.6. The van der Waals surface area contributed by atoms with Gasteiger partial charge in [-0.15, -0.1) is 11.3 Å². The van der Waals surface area contributed by atoms with Crippen molar-refractivity contribution in [3.05, 3.63) is 116 Å². The third-order valence-corrected chi connectivity index (χ3v) is 8.50. The van der Waals surface area contributed by atoms with E-state index in [1.54, 1.807) is 71.9 Å². The van der Waals surface area contributed by atoms with Crippen molar-refractivity contribution in [2.24, 2.45) is 4.99 Å². The van der Waals surface area contributed by atoms with Crippen molar-refractivity contribution in [1.82, 2.24) is 9.97 Å². The summed E-state index contributed by atoms with van der Waals surface area (Å²) in [7, 11) is 0. The van der Waals surface area contributed by atoms with E-state index in [0.29, 0.717) is 26.9 Å². The zero-order chi connectivity index (χ0) is 26.5. The van der Waals surface area contributed by atoms with E-state index in [4.69, 9.17) is 0 Å². The molecule has 0 atom stereocenters. The van der Waals surface area contributed by atoms with E-state index < -0.39 is 9.85 Å². The molecule has 0 aliphatic carbocycles. The third-order valence-electron chi connectivity index (χ3n) is 5.26. The van der Waals surface area contributed by atoms with E-state index in [1.165, 1.54) is 30.0 Å². The second-order valence-electron chi connectivity index (χ2n) is 7.86. The highest BCUT2D eigenvalue weighted by Gasteiger charge is 2.16. The van der Waals surface area contributed by atoms with E-state index in [2.05, 4.69) is 15.0 Å². The molecule has 2 aromatic heterocycles. The predicted octanol–water partition coefficient (Wildman–Crippen LogP) is 7.70. The monoisotopic (exact) mass is 559 g/mol. The van der Waals surface area contributed by atoms with E-state index in [1.807, 2.05) is 24.3 Å². The number of benzene rings is 3. The first-order valence-corrected chi connectivity index (χ1v) is 13.7. The number of thiazole rings is 1. The number of hydrogen-bond acceptors (Lipinski definition) is 10. The number of hydrogen-bond donors (Lipinski definition) is 0.